The van der Waals surface area contributed by atoms with Crippen LogP contribution >= 0.6 is 11.3 Å². The number of thiazole rings is 1. The van der Waals surface area contributed by atoms with Gasteiger partial charge in [-0.1, -0.05) is 32.1 Å². The summed E-state index contributed by atoms with van der Waals surface area (Å²) in [4.78, 5) is 16.2. The van der Waals surface area contributed by atoms with Gasteiger partial charge in [0.1, 0.15) is 0 Å². The van der Waals surface area contributed by atoms with Gasteiger partial charge in [-0.15, -0.1) is 11.3 Å². The number of nitrogens with zero attached hydrogens (tertiary/aromatic N) is 1. The van der Waals surface area contributed by atoms with Crippen molar-refractivity contribution < 1.29 is 4.79 Å². The molecule has 0 spiro atoms. The van der Waals surface area contributed by atoms with Crippen LogP contribution in [0.5, 0.6) is 0 Å². The molecule has 0 aromatic carbocycles. The van der Waals surface area contributed by atoms with Gasteiger partial charge >= 0.3 is 0 Å². The molecule has 19 heavy (non-hydrogen) atoms. The summed E-state index contributed by atoms with van der Waals surface area (Å²) in [5.41, 5.74) is 5.65. The highest BCUT2D eigenvalue weighted by Crippen LogP contribution is 2.49. The minimum Gasteiger partial charge on any atom is -0.369 e. The molecule has 2 fully saturated rings. The van der Waals surface area contributed by atoms with Gasteiger partial charge < -0.3 is 5.73 Å². The molecule has 0 aliphatic heterocycles. The summed E-state index contributed by atoms with van der Waals surface area (Å²) < 4.78 is 0. The monoisotopic (exact) mass is 278 g/mol. The molecular formula is C15H22N2OS. The van der Waals surface area contributed by atoms with Crippen LogP contribution in [-0.4, -0.2) is 10.9 Å². The molecular weight excluding hydrogens is 256 g/mol. The summed E-state index contributed by atoms with van der Waals surface area (Å²) in [5.74, 6) is 1.68. The third kappa shape index (κ3) is 2.69. The molecule has 1 aromatic heterocycles. The van der Waals surface area contributed by atoms with E-state index in [1.807, 2.05) is 11.6 Å². The molecule has 2 aliphatic carbocycles. The third-order valence-electron chi connectivity index (χ3n) is 5.03. The Hall–Kier alpha value is -0.900. The maximum absolute atomic E-state index is 11.8. The molecule has 1 amide bonds. The molecule has 2 N–H and O–H groups in total. The minimum atomic E-state index is -0.0883. The van der Waals surface area contributed by atoms with Crippen molar-refractivity contribution >= 4 is 17.2 Å². The summed E-state index contributed by atoms with van der Waals surface area (Å²) in [6, 6.07) is 0. The van der Waals surface area contributed by atoms with E-state index in [9.17, 15) is 4.79 Å². The fourth-order valence-electron chi connectivity index (χ4n) is 4.12. The molecule has 4 heteroatoms. The number of carbonyl (C=O) groups is 1. The lowest BCUT2D eigenvalue weighted by Crippen LogP contribution is -2.31. The molecule has 2 saturated carbocycles. The van der Waals surface area contributed by atoms with Crippen LogP contribution in [0.1, 0.15) is 55.9 Å². The highest BCUT2D eigenvalue weighted by molar-refractivity contribution is 7.09. The van der Waals surface area contributed by atoms with Crippen LogP contribution in [0.15, 0.2) is 11.6 Å². The summed E-state index contributed by atoms with van der Waals surface area (Å²) >= 11 is 1.72. The first-order chi connectivity index (χ1) is 9.25. The van der Waals surface area contributed by atoms with E-state index < -0.39 is 0 Å². The van der Waals surface area contributed by atoms with Crippen molar-refractivity contribution in [1.82, 2.24) is 4.98 Å². The summed E-state index contributed by atoms with van der Waals surface area (Å²) in [6.45, 7) is 0. The van der Waals surface area contributed by atoms with Crippen LogP contribution in [0.25, 0.3) is 0 Å². The van der Waals surface area contributed by atoms with E-state index in [2.05, 4.69) is 4.98 Å². The second-order valence-electron chi connectivity index (χ2n) is 6.11. The highest BCUT2D eigenvalue weighted by atomic mass is 32.1. The van der Waals surface area contributed by atoms with E-state index in [0.29, 0.717) is 11.8 Å². The molecule has 3 unspecified atom stereocenters. The third-order valence-corrected chi connectivity index (χ3v) is 5.97. The van der Waals surface area contributed by atoms with E-state index in [0.717, 1.165) is 18.8 Å². The Labute approximate surface area is 118 Å². The topological polar surface area (TPSA) is 56.0 Å². The zero-order valence-corrected chi connectivity index (χ0v) is 12.1. The van der Waals surface area contributed by atoms with Crippen LogP contribution in [0.3, 0.4) is 0 Å². The Balaban J connectivity index is 1.75. The maximum Gasteiger partial charge on any atom is 0.220 e. The number of hydrogen-bond donors (Lipinski definition) is 1. The van der Waals surface area contributed by atoms with Crippen LogP contribution in [0, 0.1) is 17.8 Å². The number of rotatable bonds is 3. The van der Waals surface area contributed by atoms with Crippen molar-refractivity contribution in [3.05, 3.63) is 16.6 Å². The summed E-state index contributed by atoms with van der Waals surface area (Å²) in [6.07, 6.45) is 10.5. The molecule has 3 rings (SSSR count). The van der Waals surface area contributed by atoms with Crippen LogP contribution in [0.4, 0.5) is 0 Å². The first-order valence-electron chi connectivity index (χ1n) is 7.44. The zero-order valence-electron chi connectivity index (χ0n) is 11.3. The Kier molecular flexibility index (Phi) is 3.87. The van der Waals surface area contributed by atoms with Gasteiger partial charge in [0.05, 0.1) is 5.01 Å². The van der Waals surface area contributed by atoms with Crippen LogP contribution in [0.2, 0.25) is 0 Å². The Morgan fingerprint density at radius 1 is 1.26 bits per heavy atom. The van der Waals surface area contributed by atoms with Crippen molar-refractivity contribution in [3.8, 4) is 0 Å². The minimum absolute atomic E-state index is 0.0806. The first kappa shape index (κ1) is 13.1. The average Bonchev–Trinajstić information content (AvgIpc) is 3.08. The van der Waals surface area contributed by atoms with E-state index in [4.69, 9.17) is 5.73 Å². The number of primary amides is 1. The standard InChI is InChI=1S/C15H22N2OS/c16-14(18)13-9-11(15-17-6-7-19-15)8-12(13)10-4-2-1-3-5-10/h6-7,10-13H,1-5,8-9H2,(H2,16,18). The van der Waals surface area contributed by atoms with Gasteiger partial charge in [-0.05, 0) is 24.7 Å². The quantitative estimate of drug-likeness (QED) is 0.922. The van der Waals surface area contributed by atoms with Crippen molar-refractivity contribution in [3.63, 3.8) is 0 Å². The van der Waals surface area contributed by atoms with Gasteiger partial charge in [0.25, 0.3) is 0 Å². The molecule has 104 valence electrons. The van der Waals surface area contributed by atoms with Crippen molar-refractivity contribution in [2.24, 2.45) is 23.5 Å². The Morgan fingerprint density at radius 2 is 2.05 bits per heavy atom. The van der Waals surface area contributed by atoms with Crippen LogP contribution < -0.4 is 5.73 Å². The fraction of sp³-hybridized carbons (Fsp3) is 0.733. The van der Waals surface area contributed by atoms with Crippen LogP contribution in [-0.2, 0) is 4.79 Å². The lowest BCUT2D eigenvalue weighted by atomic mass is 9.75. The van der Waals surface area contributed by atoms with E-state index in [1.165, 1.54) is 37.1 Å². The second kappa shape index (κ2) is 5.61. The molecule has 3 nitrogen and oxygen atoms in total. The van der Waals surface area contributed by atoms with E-state index in [1.54, 1.807) is 11.3 Å². The number of hydrogen-bond acceptors (Lipinski definition) is 3. The maximum atomic E-state index is 11.8. The average molecular weight is 278 g/mol. The van der Waals surface area contributed by atoms with Gasteiger partial charge in [-0.25, -0.2) is 4.98 Å². The lowest BCUT2D eigenvalue weighted by Gasteiger charge is -2.30. The second-order valence-corrected chi connectivity index (χ2v) is 7.04. The first-order valence-corrected chi connectivity index (χ1v) is 8.32. The zero-order chi connectivity index (χ0) is 13.2. The van der Waals surface area contributed by atoms with E-state index >= 15 is 0 Å². The van der Waals surface area contributed by atoms with Crippen molar-refractivity contribution in [2.45, 2.75) is 50.9 Å². The predicted octanol–water partition coefficient (Wildman–Crippen LogP) is 3.32. The smallest absolute Gasteiger partial charge is 0.220 e. The molecule has 2 aliphatic rings. The largest absolute Gasteiger partial charge is 0.369 e. The van der Waals surface area contributed by atoms with Gasteiger partial charge in [-0.2, -0.15) is 0 Å². The Bertz CT molecular complexity index is 425. The summed E-state index contributed by atoms with van der Waals surface area (Å²) in [5, 5.41) is 3.23. The van der Waals surface area contributed by atoms with E-state index in [-0.39, 0.29) is 11.8 Å². The van der Waals surface area contributed by atoms with Gasteiger partial charge in [0.2, 0.25) is 5.91 Å². The molecule has 0 bridgehead atoms. The van der Waals surface area contributed by atoms with Crippen molar-refractivity contribution in [2.75, 3.05) is 0 Å². The number of aromatic nitrogens is 1. The van der Waals surface area contributed by atoms with Gasteiger partial charge in [-0.3, -0.25) is 4.79 Å². The predicted molar refractivity (Wildman–Crippen MR) is 76.8 cm³/mol. The number of amides is 1. The molecule has 1 aromatic rings. The Morgan fingerprint density at radius 3 is 2.68 bits per heavy atom. The molecule has 3 atom stereocenters. The SMILES string of the molecule is NC(=O)C1CC(c2nccs2)CC1C1CCCCC1. The van der Waals surface area contributed by atoms with Crippen molar-refractivity contribution in [1.29, 1.82) is 0 Å². The normalized spacial score (nSPS) is 32.5. The number of carbonyl (C=O) groups excluding carboxylic acids is 1. The van der Waals surface area contributed by atoms with Gasteiger partial charge in [0.15, 0.2) is 0 Å². The number of nitrogens with two attached hydrogens (primary N) is 1. The highest BCUT2D eigenvalue weighted by Gasteiger charge is 2.42. The lowest BCUT2D eigenvalue weighted by molar-refractivity contribution is -0.123. The molecule has 0 radical (unpaired) electrons. The van der Waals surface area contributed by atoms with Gasteiger partial charge in [0, 0.05) is 23.4 Å². The summed E-state index contributed by atoms with van der Waals surface area (Å²) in [7, 11) is 0. The molecule has 0 saturated heterocycles. The fourth-order valence-corrected chi connectivity index (χ4v) is 4.89. The molecule has 1 heterocycles.